The van der Waals surface area contributed by atoms with Crippen molar-refractivity contribution < 1.29 is 19.1 Å². The summed E-state index contributed by atoms with van der Waals surface area (Å²) in [5.74, 6) is 1.12. The first-order valence-electron chi connectivity index (χ1n) is 6.29. The van der Waals surface area contributed by atoms with Crippen molar-refractivity contribution in [1.29, 1.82) is 0 Å². The van der Waals surface area contributed by atoms with Gasteiger partial charge in [0.15, 0.2) is 11.5 Å². The Morgan fingerprint density at radius 2 is 2.19 bits per heavy atom. The van der Waals surface area contributed by atoms with Crippen molar-refractivity contribution in [3.05, 3.63) is 46.9 Å². The number of methoxy groups -OCH3 is 1. The van der Waals surface area contributed by atoms with E-state index in [-0.39, 0.29) is 11.7 Å². The highest BCUT2D eigenvalue weighted by atomic mass is 16.5. The lowest BCUT2D eigenvalue weighted by atomic mass is 10.2. The molecule has 110 valence electrons. The lowest BCUT2D eigenvalue weighted by Crippen LogP contribution is -2.17. The molecule has 0 bridgehead atoms. The summed E-state index contributed by atoms with van der Waals surface area (Å²) < 4.78 is 10.3. The quantitative estimate of drug-likeness (QED) is 0.668. The maximum atomic E-state index is 11.9. The summed E-state index contributed by atoms with van der Waals surface area (Å²) in [6.45, 7) is 3.47. The number of carbonyl (C=O) groups excluding carboxylic acids is 1. The molecule has 0 saturated heterocycles. The monoisotopic (exact) mass is 288 g/mol. The van der Waals surface area contributed by atoms with E-state index in [2.05, 4.69) is 10.5 Å². The molecule has 2 aromatic rings. The Kier molecular flexibility index (Phi) is 4.27. The zero-order chi connectivity index (χ0) is 15.4. The van der Waals surface area contributed by atoms with Crippen molar-refractivity contribution in [2.75, 3.05) is 7.11 Å². The maximum absolute atomic E-state index is 11.9. The third kappa shape index (κ3) is 3.22. The Morgan fingerprint density at radius 1 is 1.43 bits per heavy atom. The molecule has 1 heterocycles. The number of phenols is 1. The third-order valence-electron chi connectivity index (χ3n) is 2.91. The standard InChI is InChI=1S/C15H16N2O4/c1-9-7-12(10(2)21-9)15(19)17-16-8-11-5-4-6-13(20-3)14(11)18/h4-8,18H,1-3H3,(H,17,19). The van der Waals surface area contributed by atoms with Crippen LogP contribution in [0.4, 0.5) is 0 Å². The lowest BCUT2D eigenvalue weighted by Gasteiger charge is -2.04. The summed E-state index contributed by atoms with van der Waals surface area (Å²) in [4.78, 5) is 11.9. The second-order valence-electron chi connectivity index (χ2n) is 4.42. The molecule has 0 atom stereocenters. The van der Waals surface area contributed by atoms with Crippen LogP contribution in [0.2, 0.25) is 0 Å². The minimum atomic E-state index is -0.372. The molecular formula is C15H16N2O4. The number of hydrogen-bond acceptors (Lipinski definition) is 5. The second-order valence-corrected chi connectivity index (χ2v) is 4.42. The minimum absolute atomic E-state index is 0.0339. The van der Waals surface area contributed by atoms with Gasteiger partial charge in [-0.25, -0.2) is 5.43 Å². The van der Waals surface area contributed by atoms with E-state index in [1.165, 1.54) is 13.3 Å². The number of para-hydroxylation sites is 1. The van der Waals surface area contributed by atoms with E-state index >= 15 is 0 Å². The Hall–Kier alpha value is -2.76. The Bertz CT molecular complexity index is 689. The van der Waals surface area contributed by atoms with Gasteiger partial charge in [-0.2, -0.15) is 5.10 Å². The van der Waals surface area contributed by atoms with Crippen molar-refractivity contribution in [1.82, 2.24) is 5.43 Å². The summed E-state index contributed by atoms with van der Waals surface area (Å²) in [6.07, 6.45) is 1.35. The third-order valence-corrected chi connectivity index (χ3v) is 2.91. The van der Waals surface area contributed by atoms with E-state index in [0.29, 0.717) is 28.4 Å². The molecule has 0 spiro atoms. The van der Waals surface area contributed by atoms with E-state index in [1.54, 1.807) is 38.1 Å². The number of phenolic OH excluding ortho intramolecular Hbond substituents is 1. The van der Waals surface area contributed by atoms with Gasteiger partial charge < -0.3 is 14.3 Å². The van der Waals surface area contributed by atoms with Crippen LogP contribution < -0.4 is 10.2 Å². The molecule has 0 fully saturated rings. The van der Waals surface area contributed by atoms with Crippen molar-refractivity contribution in [2.45, 2.75) is 13.8 Å². The number of nitrogens with one attached hydrogen (secondary N) is 1. The van der Waals surface area contributed by atoms with Crippen molar-refractivity contribution >= 4 is 12.1 Å². The number of furan rings is 1. The van der Waals surface area contributed by atoms with Crippen molar-refractivity contribution in [3.63, 3.8) is 0 Å². The molecule has 2 N–H and O–H groups in total. The second kappa shape index (κ2) is 6.13. The number of hydrogen-bond donors (Lipinski definition) is 2. The molecule has 6 heteroatoms. The highest BCUT2D eigenvalue weighted by molar-refractivity contribution is 5.96. The van der Waals surface area contributed by atoms with Crippen molar-refractivity contribution in [3.8, 4) is 11.5 Å². The van der Waals surface area contributed by atoms with Crippen LogP contribution in [-0.2, 0) is 0 Å². The van der Waals surface area contributed by atoms with Gasteiger partial charge in [0, 0.05) is 5.56 Å². The van der Waals surface area contributed by atoms with E-state index in [0.717, 1.165) is 0 Å². The van der Waals surface area contributed by atoms with Crippen LogP contribution in [0, 0.1) is 13.8 Å². The van der Waals surface area contributed by atoms with Crippen LogP contribution >= 0.6 is 0 Å². The van der Waals surface area contributed by atoms with Crippen LogP contribution in [0.3, 0.4) is 0 Å². The average molecular weight is 288 g/mol. The van der Waals surface area contributed by atoms with E-state index < -0.39 is 0 Å². The highest BCUT2D eigenvalue weighted by Crippen LogP contribution is 2.27. The zero-order valence-electron chi connectivity index (χ0n) is 12.0. The Balaban J connectivity index is 2.09. The van der Waals surface area contributed by atoms with Crippen LogP contribution in [0.5, 0.6) is 11.5 Å². The molecule has 0 aliphatic rings. The fourth-order valence-electron chi connectivity index (χ4n) is 1.89. The first-order valence-corrected chi connectivity index (χ1v) is 6.29. The number of rotatable bonds is 4. The first-order chi connectivity index (χ1) is 10.0. The Labute approximate surface area is 122 Å². The van der Waals surface area contributed by atoms with Crippen LogP contribution in [0.15, 0.2) is 33.8 Å². The predicted molar refractivity (Wildman–Crippen MR) is 77.9 cm³/mol. The van der Waals surface area contributed by atoms with Crippen LogP contribution in [-0.4, -0.2) is 24.3 Å². The van der Waals surface area contributed by atoms with Gasteiger partial charge in [0.05, 0.1) is 18.9 Å². The van der Waals surface area contributed by atoms with E-state index in [4.69, 9.17) is 9.15 Å². The number of carbonyl (C=O) groups is 1. The molecular weight excluding hydrogens is 272 g/mol. The fourth-order valence-corrected chi connectivity index (χ4v) is 1.89. The number of amides is 1. The highest BCUT2D eigenvalue weighted by Gasteiger charge is 2.12. The van der Waals surface area contributed by atoms with E-state index in [1.807, 2.05) is 0 Å². The molecule has 0 aliphatic heterocycles. The van der Waals surface area contributed by atoms with Gasteiger partial charge >= 0.3 is 0 Å². The number of ether oxygens (including phenoxy) is 1. The molecule has 1 aromatic carbocycles. The summed E-state index contributed by atoms with van der Waals surface area (Å²) in [7, 11) is 1.46. The summed E-state index contributed by atoms with van der Waals surface area (Å²) in [5, 5.41) is 13.7. The minimum Gasteiger partial charge on any atom is -0.504 e. The molecule has 1 aromatic heterocycles. The van der Waals surface area contributed by atoms with Gasteiger partial charge in [0.1, 0.15) is 11.5 Å². The molecule has 21 heavy (non-hydrogen) atoms. The SMILES string of the molecule is COc1cccc(C=NNC(=O)c2cc(C)oc2C)c1O. The largest absolute Gasteiger partial charge is 0.504 e. The van der Waals surface area contributed by atoms with Crippen molar-refractivity contribution in [2.24, 2.45) is 5.10 Å². The van der Waals surface area contributed by atoms with Crippen LogP contribution in [0.1, 0.15) is 27.4 Å². The van der Waals surface area contributed by atoms with Gasteiger partial charge in [-0.1, -0.05) is 6.07 Å². The molecule has 0 aliphatic carbocycles. The first kappa shape index (κ1) is 14.6. The summed E-state index contributed by atoms with van der Waals surface area (Å²) in [5.41, 5.74) is 3.25. The van der Waals surface area contributed by atoms with E-state index in [9.17, 15) is 9.90 Å². The number of aryl methyl sites for hydroxylation is 2. The van der Waals surface area contributed by atoms with Gasteiger partial charge in [0.2, 0.25) is 0 Å². The summed E-state index contributed by atoms with van der Waals surface area (Å²) >= 11 is 0. The molecule has 0 unspecified atom stereocenters. The number of benzene rings is 1. The number of hydrazone groups is 1. The molecule has 1 amide bonds. The molecule has 2 rings (SSSR count). The predicted octanol–water partition coefficient (Wildman–Crippen LogP) is 2.37. The normalized spacial score (nSPS) is 10.8. The van der Waals surface area contributed by atoms with Gasteiger partial charge in [-0.05, 0) is 32.0 Å². The average Bonchev–Trinajstić information content (AvgIpc) is 2.79. The Morgan fingerprint density at radius 3 is 2.81 bits per heavy atom. The van der Waals surface area contributed by atoms with Gasteiger partial charge in [0.25, 0.3) is 5.91 Å². The molecule has 0 saturated carbocycles. The number of nitrogens with zero attached hydrogens (tertiary/aromatic N) is 1. The maximum Gasteiger partial charge on any atom is 0.274 e. The van der Waals surface area contributed by atoms with Gasteiger partial charge in [-0.15, -0.1) is 0 Å². The molecule has 6 nitrogen and oxygen atoms in total. The van der Waals surface area contributed by atoms with Gasteiger partial charge in [-0.3, -0.25) is 4.79 Å². The van der Waals surface area contributed by atoms with Crippen LogP contribution in [0.25, 0.3) is 0 Å². The fraction of sp³-hybridized carbons (Fsp3) is 0.200. The lowest BCUT2D eigenvalue weighted by molar-refractivity contribution is 0.0953. The molecule has 0 radical (unpaired) electrons. The smallest absolute Gasteiger partial charge is 0.274 e. The zero-order valence-corrected chi connectivity index (χ0v) is 12.0. The topological polar surface area (TPSA) is 84.1 Å². The summed E-state index contributed by atoms with van der Waals surface area (Å²) in [6, 6.07) is 6.64. The number of aromatic hydroxyl groups is 1.